The molecule has 4 N–H and O–H groups in total. The molecule has 0 bridgehead atoms. The molecule has 190 valence electrons. The van der Waals surface area contributed by atoms with E-state index in [1.165, 1.54) is 7.11 Å². The Kier molecular flexibility index (Phi) is 7.34. The number of aliphatic carboxylic acids is 2. The zero-order valence-electron chi connectivity index (χ0n) is 19.0. The van der Waals surface area contributed by atoms with Crippen LogP contribution >= 0.6 is 0 Å². The molecule has 0 radical (unpaired) electrons. The number of methoxy groups -OCH3 is 1. The van der Waals surface area contributed by atoms with Crippen LogP contribution in [0, 0.1) is 0 Å². The monoisotopic (exact) mass is 506 g/mol. The first-order valence-corrected chi connectivity index (χ1v) is 10.3. The van der Waals surface area contributed by atoms with E-state index in [4.69, 9.17) is 25.5 Å². The highest BCUT2D eigenvalue weighted by molar-refractivity contribution is 5.95. The molecule has 36 heavy (non-hydrogen) atoms. The summed E-state index contributed by atoms with van der Waals surface area (Å²) in [5, 5.41) is 17.1. The quantitative estimate of drug-likeness (QED) is 0.374. The van der Waals surface area contributed by atoms with Gasteiger partial charge in [0.15, 0.2) is 0 Å². The van der Waals surface area contributed by atoms with Crippen LogP contribution in [0.1, 0.15) is 5.69 Å². The lowest BCUT2D eigenvalue weighted by molar-refractivity contribution is -0.192. The number of aryl methyl sites for hydroxylation is 1. The molecule has 0 saturated heterocycles. The minimum atomic E-state index is -5.08. The molecule has 10 nitrogen and oxygen atoms in total. The second-order valence-corrected chi connectivity index (χ2v) is 7.60. The van der Waals surface area contributed by atoms with Crippen molar-refractivity contribution in [1.29, 1.82) is 0 Å². The average Bonchev–Trinajstić information content (AvgIpc) is 3.32. The molecule has 1 aromatic carbocycles. The van der Waals surface area contributed by atoms with E-state index in [-0.39, 0.29) is 12.0 Å². The van der Waals surface area contributed by atoms with Crippen LogP contribution in [0.3, 0.4) is 0 Å². The number of carbonyl (C=O) groups is 2. The second kappa shape index (κ2) is 10.1. The van der Waals surface area contributed by atoms with E-state index in [0.29, 0.717) is 28.2 Å². The van der Waals surface area contributed by atoms with Gasteiger partial charge in [-0.25, -0.2) is 9.78 Å². The maximum Gasteiger partial charge on any atom is 0.490 e. The van der Waals surface area contributed by atoms with Gasteiger partial charge >= 0.3 is 18.1 Å². The fraction of sp³-hybridized carbons (Fsp3) is 0.217. The summed E-state index contributed by atoms with van der Waals surface area (Å²) in [6, 6.07) is 10.0. The molecule has 0 spiro atoms. The molecule has 4 aromatic rings. The van der Waals surface area contributed by atoms with Crippen LogP contribution in [0.25, 0.3) is 27.7 Å². The Morgan fingerprint density at radius 2 is 1.81 bits per heavy atom. The SMILES string of the molecule is COc1c(-c2ccc(CC(N)C(=O)O)n3ccnc23)c(=O)n(C)c2ccccc12.O=C(O)C(F)(F)F. The lowest BCUT2D eigenvalue weighted by Crippen LogP contribution is -2.32. The number of para-hydroxylation sites is 1. The van der Waals surface area contributed by atoms with Gasteiger partial charge in [-0.15, -0.1) is 0 Å². The van der Waals surface area contributed by atoms with Gasteiger partial charge in [-0.3, -0.25) is 9.59 Å². The number of nitrogens with zero attached hydrogens (tertiary/aromatic N) is 3. The zero-order valence-corrected chi connectivity index (χ0v) is 19.0. The molecule has 0 aliphatic heterocycles. The number of fused-ring (bicyclic) bond motifs is 2. The molecule has 4 rings (SSSR count). The van der Waals surface area contributed by atoms with Crippen LogP contribution < -0.4 is 16.0 Å². The smallest absolute Gasteiger partial charge is 0.490 e. The fourth-order valence-corrected chi connectivity index (χ4v) is 3.66. The van der Waals surface area contributed by atoms with Gasteiger partial charge in [-0.05, 0) is 24.3 Å². The molecule has 13 heteroatoms. The zero-order chi connectivity index (χ0) is 26.8. The molecule has 0 amide bonds. The maximum absolute atomic E-state index is 13.2. The van der Waals surface area contributed by atoms with Crippen molar-refractivity contribution in [3.8, 4) is 16.9 Å². The number of hydrogen-bond acceptors (Lipinski definition) is 6. The van der Waals surface area contributed by atoms with Gasteiger partial charge in [0.05, 0.1) is 18.2 Å². The third kappa shape index (κ3) is 5.00. The number of imidazole rings is 1. The third-order valence-electron chi connectivity index (χ3n) is 5.35. The number of carboxylic acid groups (broad SMARTS) is 2. The molecule has 3 heterocycles. The lowest BCUT2D eigenvalue weighted by atomic mass is 10.0. The number of rotatable bonds is 5. The van der Waals surface area contributed by atoms with Crippen LogP contribution in [-0.2, 0) is 23.1 Å². The highest BCUT2D eigenvalue weighted by Gasteiger charge is 2.38. The number of ether oxygens (including phenoxy) is 1. The molecular formula is C23H21F3N4O6. The number of pyridine rings is 2. The minimum Gasteiger partial charge on any atom is -0.495 e. The topological polar surface area (TPSA) is 149 Å². The van der Waals surface area contributed by atoms with E-state index >= 15 is 0 Å². The van der Waals surface area contributed by atoms with E-state index in [2.05, 4.69) is 4.98 Å². The summed E-state index contributed by atoms with van der Waals surface area (Å²) in [4.78, 5) is 37.7. The van der Waals surface area contributed by atoms with Crippen molar-refractivity contribution in [3.05, 3.63) is 64.8 Å². The van der Waals surface area contributed by atoms with E-state index in [1.807, 2.05) is 24.3 Å². The van der Waals surface area contributed by atoms with Crippen molar-refractivity contribution in [3.63, 3.8) is 0 Å². The van der Waals surface area contributed by atoms with Gasteiger partial charge in [-0.1, -0.05) is 12.1 Å². The number of nitrogens with two attached hydrogens (primary N) is 1. The van der Waals surface area contributed by atoms with Crippen molar-refractivity contribution in [2.24, 2.45) is 12.8 Å². The predicted octanol–water partition coefficient (Wildman–Crippen LogP) is 2.45. The van der Waals surface area contributed by atoms with E-state index in [1.54, 1.807) is 40.5 Å². The number of halogens is 3. The maximum atomic E-state index is 13.2. The van der Waals surface area contributed by atoms with Gasteiger partial charge in [0.25, 0.3) is 5.56 Å². The van der Waals surface area contributed by atoms with Crippen LogP contribution in [0.4, 0.5) is 13.2 Å². The summed E-state index contributed by atoms with van der Waals surface area (Å²) < 4.78 is 40.7. The van der Waals surface area contributed by atoms with E-state index in [9.17, 15) is 22.8 Å². The standard InChI is InChI=1S/C21H20N4O4.C2HF3O2/c1-24-16-6-4-3-5-13(16)18(29-2)17(20(24)26)14-8-7-12(11-15(22)21(27)28)25-10-9-23-19(14)25;3-2(4,5)1(6)7/h3-10,15H,11,22H2,1-2H3,(H,27,28);(H,6,7). The van der Waals surface area contributed by atoms with Crippen molar-refractivity contribution >= 4 is 28.5 Å². The van der Waals surface area contributed by atoms with Gasteiger partial charge in [-0.2, -0.15) is 13.2 Å². The Labute approximate surface area is 201 Å². The molecule has 3 aromatic heterocycles. The molecular weight excluding hydrogens is 485 g/mol. The Morgan fingerprint density at radius 3 is 2.39 bits per heavy atom. The average molecular weight is 506 g/mol. The number of carboxylic acids is 2. The number of benzene rings is 1. The summed E-state index contributed by atoms with van der Waals surface area (Å²) >= 11 is 0. The molecule has 0 saturated carbocycles. The highest BCUT2D eigenvalue weighted by atomic mass is 19.4. The highest BCUT2D eigenvalue weighted by Crippen LogP contribution is 2.35. The van der Waals surface area contributed by atoms with Crippen LogP contribution in [0.2, 0.25) is 0 Å². The predicted molar refractivity (Wildman–Crippen MR) is 123 cm³/mol. The van der Waals surface area contributed by atoms with Gasteiger partial charge < -0.3 is 29.7 Å². The Balaban J connectivity index is 0.000000454. The van der Waals surface area contributed by atoms with Crippen LogP contribution in [0.5, 0.6) is 5.75 Å². The Hall–Kier alpha value is -4.39. The van der Waals surface area contributed by atoms with Crippen LogP contribution in [-0.4, -0.2) is 55.4 Å². The number of alkyl halides is 3. The first-order chi connectivity index (χ1) is 16.9. The summed E-state index contributed by atoms with van der Waals surface area (Å²) in [6.45, 7) is 0. The van der Waals surface area contributed by atoms with Crippen molar-refractivity contribution in [1.82, 2.24) is 14.0 Å². The number of hydrogen-bond donors (Lipinski definition) is 3. The van der Waals surface area contributed by atoms with Gasteiger partial charge in [0, 0.05) is 42.5 Å². The first kappa shape index (κ1) is 26.2. The van der Waals surface area contributed by atoms with Crippen LogP contribution in [0.15, 0.2) is 53.6 Å². The Bertz CT molecular complexity index is 1510. The van der Waals surface area contributed by atoms with E-state index in [0.717, 1.165) is 10.9 Å². The summed E-state index contributed by atoms with van der Waals surface area (Å²) in [7, 11) is 3.25. The van der Waals surface area contributed by atoms with E-state index < -0.39 is 24.2 Å². The van der Waals surface area contributed by atoms with Gasteiger partial charge in [0.1, 0.15) is 17.4 Å². The minimum absolute atomic E-state index is 0.134. The Morgan fingerprint density at radius 1 is 1.17 bits per heavy atom. The van der Waals surface area contributed by atoms with Crippen molar-refractivity contribution in [2.75, 3.05) is 7.11 Å². The summed E-state index contributed by atoms with van der Waals surface area (Å²) in [6.07, 6.45) is -1.62. The number of aromatic nitrogens is 3. The summed E-state index contributed by atoms with van der Waals surface area (Å²) in [5.74, 6) is -3.36. The molecule has 0 fully saturated rings. The van der Waals surface area contributed by atoms with Crippen molar-refractivity contribution < 1.29 is 37.7 Å². The lowest BCUT2D eigenvalue weighted by Gasteiger charge is -2.16. The molecule has 0 aliphatic carbocycles. The second-order valence-electron chi connectivity index (χ2n) is 7.60. The van der Waals surface area contributed by atoms with Crippen molar-refractivity contribution in [2.45, 2.75) is 18.6 Å². The normalized spacial score (nSPS) is 12.2. The summed E-state index contributed by atoms with van der Waals surface area (Å²) in [5.41, 5.74) is 8.49. The largest absolute Gasteiger partial charge is 0.495 e. The molecule has 1 unspecified atom stereocenters. The fourth-order valence-electron chi connectivity index (χ4n) is 3.66. The molecule has 1 atom stereocenters. The molecule has 0 aliphatic rings. The third-order valence-corrected chi connectivity index (χ3v) is 5.35. The first-order valence-electron chi connectivity index (χ1n) is 10.3. The van der Waals surface area contributed by atoms with Gasteiger partial charge in [0.2, 0.25) is 0 Å².